The molecule has 0 unspecified atom stereocenters. The summed E-state index contributed by atoms with van der Waals surface area (Å²) in [6.07, 6.45) is 0. The molecule has 0 spiro atoms. The lowest BCUT2D eigenvalue weighted by Gasteiger charge is -2.05. The predicted octanol–water partition coefficient (Wildman–Crippen LogP) is 4.31. The van der Waals surface area contributed by atoms with E-state index in [1.165, 1.54) is 0 Å². The molecule has 88 valence electrons. The van der Waals surface area contributed by atoms with Crippen LogP contribution in [0.25, 0.3) is 0 Å². The molecule has 6 heteroatoms. The van der Waals surface area contributed by atoms with Gasteiger partial charge in [0.1, 0.15) is 5.75 Å². The maximum atomic E-state index is 5.86. The Morgan fingerprint density at radius 1 is 1.00 bits per heavy atom. The summed E-state index contributed by atoms with van der Waals surface area (Å²) in [4.78, 5) is 0. The Balaban J connectivity index is 2.16. The van der Waals surface area contributed by atoms with E-state index in [2.05, 4.69) is 10.2 Å². The van der Waals surface area contributed by atoms with Gasteiger partial charge in [-0.2, -0.15) is 5.10 Å². The van der Waals surface area contributed by atoms with Gasteiger partial charge in [-0.3, -0.25) is 0 Å². The normalized spacial score (nSPS) is 10.3. The van der Waals surface area contributed by atoms with Gasteiger partial charge in [0, 0.05) is 12.1 Å². The molecule has 0 fully saturated rings. The smallest absolute Gasteiger partial charge is 0.238 e. The molecule has 0 N–H and O–H groups in total. The van der Waals surface area contributed by atoms with Crippen LogP contribution < -0.4 is 4.74 Å². The highest BCUT2D eigenvalue weighted by Crippen LogP contribution is 2.28. The van der Waals surface area contributed by atoms with E-state index in [0.717, 1.165) is 0 Å². The molecular formula is C11H7Cl3N2O. The molecule has 1 aromatic carbocycles. The lowest BCUT2D eigenvalue weighted by Crippen LogP contribution is -1.93. The highest BCUT2D eigenvalue weighted by Gasteiger charge is 2.03. The molecule has 0 bridgehead atoms. The van der Waals surface area contributed by atoms with Gasteiger partial charge in [-0.15, -0.1) is 16.7 Å². The van der Waals surface area contributed by atoms with Gasteiger partial charge < -0.3 is 4.74 Å². The maximum absolute atomic E-state index is 5.86. The minimum Gasteiger partial charge on any atom is -0.437 e. The lowest BCUT2D eigenvalue weighted by atomic mass is 10.3. The molecule has 2 aromatic rings. The quantitative estimate of drug-likeness (QED) is 0.790. The monoisotopic (exact) mass is 288 g/mol. The molecular weight excluding hydrogens is 282 g/mol. The van der Waals surface area contributed by atoms with Crippen LogP contribution in [0.2, 0.25) is 10.0 Å². The number of hydrogen-bond acceptors (Lipinski definition) is 3. The molecule has 0 saturated carbocycles. The fourth-order valence-corrected chi connectivity index (χ4v) is 1.57. The standard InChI is InChI=1S/C11H7Cl3N2O/c12-6-7-1-4-11(16-15-7)17-8-2-3-9(13)10(14)5-8/h1-5H,6H2. The summed E-state index contributed by atoms with van der Waals surface area (Å²) in [5.41, 5.74) is 0.688. The second kappa shape index (κ2) is 5.54. The minimum absolute atomic E-state index is 0.319. The molecule has 0 aliphatic carbocycles. The number of hydrogen-bond donors (Lipinski definition) is 0. The zero-order valence-corrected chi connectivity index (χ0v) is 10.8. The van der Waals surface area contributed by atoms with Gasteiger partial charge in [-0.25, -0.2) is 0 Å². The number of ether oxygens (including phenoxy) is 1. The number of aromatic nitrogens is 2. The zero-order chi connectivity index (χ0) is 12.3. The van der Waals surface area contributed by atoms with Crippen molar-refractivity contribution in [1.82, 2.24) is 10.2 Å². The lowest BCUT2D eigenvalue weighted by molar-refractivity contribution is 0.454. The van der Waals surface area contributed by atoms with Crippen LogP contribution in [0.5, 0.6) is 11.6 Å². The van der Waals surface area contributed by atoms with Crippen molar-refractivity contribution in [3.05, 3.63) is 46.1 Å². The average molecular weight is 290 g/mol. The van der Waals surface area contributed by atoms with Crippen molar-refractivity contribution in [3.8, 4) is 11.6 Å². The van der Waals surface area contributed by atoms with Crippen LogP contribution in [0.4, 0.5) is 0 Å². The van der Waals surface area contributed by atoms with E-state index in [1.54, 1.807) is 30.3 Å². The van der Waals surface area contributed by atoms with Crippen LogP contribution in [-0.2, 0) is 5.88 Å². The van der Waals surface area contributed by atoms with Gasteiger partial charge in [0.15, 0.2) is 0 Å². The zero-order valence-electron chi connectivity index (χ0n) is 8.53. The van der Waals surface area contributed by atoms with Crippen LogP contribution in [-0.4, -0.2) is 10.2 Å². The van der Waals surface area contributed by atoms with Crippen molar-refractivity contribution in [2.45, 2.75) is 5.88 Å². The molecule has 1 heterocycles. The summed E-state index contributed by atoms with van der Waals surface area (Å²) in [6.45, 7) is 0. The number of nitrogens with zero attached hydrogens (tertiary/aromatic N) is 2. The molecule has 1 aromatic heterocycles. The number of benzene rings is 1. The fraction of sp³-hybridized carbons (Fsp3) is 0.0909. The van der Waals surface area contributed by atoms with E-state index in [4.69, 9.17) is 39.5 Å². The van der Waals surface area contributed by atoms with Gasteiger partial charge in [0.05, 0.1) is 21.6 Å². The van der Waals surface area contributed by atoms with E-state index in [9.17, 15) is 0 Å². The SMILES string of the molecule is ClCc1ccc(Oc2ccc(Cl)c(Cl)c2)nn1. The van der Waals surface area contributed by atoms with Crippen molar-refractivity contribution in [3.63, 3.8) is 0 Å². The molecule has 2 rings (SSSR count). The second-order valence-electron chi connectivity index (χ2n) is 3.17. The molecule has 0 amide bonds. The summed E-state index contributed by atoms with van der Waals surface area (Å²) in [6, 6.07) is 8.40. The van der Waals surface area contributed by atoms with E-state index >= 15 is 0 Å². The topological polar surface area (TPSA) is 35.0 Å². The first kappa shape index (κ1) is 12.4. The van der Waals surface area contributed by atoms with Crippen molar-refractivity contribution < 1.29 is 4.74 Å². The predicted molar refractivity (Wildman–Crippen MR) is 68.1 cm³/mol. The van der Waals surface area contributed by atoms with Crippen LogP contribution >= 0.6 is 34.8 Å². The van der Waals surface area contributed by atoms with Gasteiger partial charge in [-0.1, -0.05) is 23.2 Å². The first-order chi connectivity index (χ1) is 8.19. The van der Waals surface area contributed by atoms with E-state index in [0.29, 0.717) is 33.2 Å². The molecule has 0 atom stereocenters. The Hall–Kier alpha value is -1.03. The molecule has 0 radical (unpaired) electrons. The van der Waals surface area contributed by atoms with Crippen LogP contribution in [0.3, 0.4) is 0 Å². The van der Waals surface area contributed by atoms with Crippen LogP contribution in [0, 0.1) is 0 Å². The summed E-state index contributed by atoms with van der Waals surface area (Å²) in [5.74, 6) is 1.24. The first-order valence-electron chi connectivity index (χ1n) is 4.70. The average Bonchev–Trinajstić information content (AvgIpc) is 2.35. The van der Waals surface area contributed by atoms with Crippen LogP contribution in [0.1, 0.15) is 5.69 Å². The maximum Gasteiger partial charge on any atom is 0.238 e. The summed E-state index contributed by atoms with van der Waals surface area (Å²) in [5, 5.41) is 8.63. The van der Waals surface area contributed by atoms with Gasteiger partial charge >= 0.3 is 0 Å². The van der Waals surface area contributed by atoms with Crippen molar-refractivity contribution in [2.24, 2.45) is 0 Å². The third-order valence-electron chi connectivity index (χ3n) is 1.95. The Morgan fingerprint density at radius 2 is 1.82 bits per heavy atom. The Kier molecular flexibility index (Phi) is 4.05. The summed E-state index contributed by atoms with van der Waals surface area (Å²) >= 11 is 17.3. The fourth-order valence-electron chi connectivity index (χ4n) is 1.13. The van der Waals surface area contributed by atoms with Crippen molar-refractivity contribution >= 4 is 34.8 Å². The molecule has 0 aliphatic rings. The van der Waals surface area contributed by atoms with E-state index < -0.39 is 0 Å². The number of rotatable bonds is 3. The summed E-state index contributed by atoms with van der Waals surface area (Å²) < 4.78 is 5.45. The third kappa shape index (κ3) is 3.22. The minimum atomic E-state index is 0.319. The Bertz CT molecular complexity index is 517. The van der Waals surface area contributed by atoms with Gasteiger partial charge in [0.2, 0.25) is 5.88 Å². The molecule has 3 nitrogen and oxygen atoms in total. The Morgan fingerprint density at radius 3 is 2.41 bits per heavy atom. The molecule has 0 aliphatic heterocycles. The molecule has 0 saturated heterocycles. The highest BCUT2D eigenvalue weighted by molar-refractivity contribution is 6.42. The first-order valence-corrected chi connectivity index (χ1v) is 5.99. The van der Waals surface area contributed by atoms with E-state index in [-0.39, 0.29) is 0 Å². The largest absolute Gasteiger partial charge is 0.437 e. The number of halogens is 3. The second-order valence-corrected chi connectivity index (χ2v) is 4.26. The van der Waals surface area contributed by atoms with Gasteiger partial charge in [-0.05, 0) is 18.2 Å². The number of alkyl halides is 1. The van der Waals surface area contributed by atoms with E-state index in [1.807, 2.05) is 0 Å². The van der Waals surface area contributed by atoms with Gasteiger partial charge in [0.25, 0.3) is 0 Å². The summed E-state index contributed by atoms with van der Waals surface area (Å²) in [7, 11) is 0. The Labute approximate surface area is 113 Å². The van der Waals surface area contributed by atoms with Crippen molar-refractivity contribution in [2.75, 3.05) is 0 Å². The molecule has 17 heavy (non-hydrogen) atoms. The van der Waals surface area contributed by atoms with Crippen molar-refractivity contribution in [1.29, 1.82) is 0 Å². The third-order valence-corrected chi connectivity index (χ3v) is 2.96. The van der Waals surface area contributed by atoms with Crippen LogP contribution in [0.15, 0.2) is 30.3 Å². The highest BCUT2D eigenvalue weighted by atomic mass is 35.5.